The van der Waals surface area contributed by atoms with Crippen LogP contribution in [0.3, 0.4) is 0 Å². The zero-order chi connectivity index (χ0) is 20.2. The fourth-order valence-corrected chi connectivity index (χ4v) is 3.61. The van der Waals surface area contributed by atoms with E-state index in [0.717, 1.165) is 5.56 Å². The van der Waals surface area contributed by atoms with Crippen molar-refractivity contribution in [3.63, 3.8) is 0 Å². The third kappa shape index (κ3) is 2.55. The van der Waals surface area contributed by atoms with Gasteiger partial charge in [0.1, 0.15) is 11.5 Å². The smallest absolute Gasteiger partial charge is 0.262 e. The van der Waals surface area contributed by atoms with Crippen LogP contribution in [-0.2, 0) is 6.42 Å². The minimum atomic E-state index is -1.98. The number of carbonyl (C=O) groups excluding carboxylic acids is 1. The second-order valence-electron chi connectivity index (χ2n) is 6.55. The quantitative estimate of drug-likeness (QED) is 0.353. The number of aryl methyl sites for hydroxylation is 2. The standard InChI is InChI=1S/C20H15F4NO3/c1-9-13(14-15(21)16(22)17(23)18(24)19(14)28-9)20(26)25-7-3-4-10-8-11(27-2)5-6-12(10)25/h5-6,8H,3-4,7H2,1-2H3. The van der Waals surface area contributed by atoms with E-state index in [0.29, 0.717) is 30.8 Å². The molecule has 0 saturated heterocycles. The lowest BCUT2D eigenvalue weighted by Gasteiger charge is -2.29. The van der Waals surface area contributed by atoms with Gasteiger partial charge >= 0.3 is 0 Å². The Labute approximate surface area is 157 Å². The van der Waals surface area contributed by atoms with Crippen LogP contribution in [0.25, 0.3) is 11.0 Å². The summed E-state index contributed by atoms with van der Waals surface area (Å²) in [6.45, 7) is 1.65. The molecule has 1 aromatic heterocycles. The molecule has 0 spiro atoms. The van der Waals surface area contributed by atoms with Gasteiger partial charge in [-0.25, -0.2) is 13.2 Å². The van der Waals surface area contributed by atoms with Crippen molar-refractivity contribution in [1.82, 2.24) is 0 Å². The molecule has 146 valence electrons. The average Bonchev–Trinajstić information content (AvgIpc) is 3.06. The maximum Gasteiger partial charge on any atom is 0.262 e. The van der Waals surface area contributed by atoms with Crippen molar-refractivity contribution in [3.05, 3.63) is 58.4 Å². The molecule has 4 nitrogen and oxygen atoms in total. The molecule has 1 amide bonds. The summed E-state index contributed by atoms with van der Waals surface area (Å²) in [7, 11) is 1.53. The number of carbonyl (C=O) groups is 1. The van der Waals surface area contributed by atoms with Crippen LogP contribution < -0.4 is 9.64 Å². The topological polar surface area (TPSA) is 42.7 Å². The SMILES string of the molecule is COc1ccc2c(c1)CCCN2C(=O)c1c(C)oc2c(F)c(F)c(F)c(F)c12. The van der Waals surface area contributed by atoms with Crippen molar-refractivity contribution >= 4 is 22.6 Å². The van der Waals surface area contributed by atoms with Gasteiger partial charge in [0.2, 0.25) is 11.6 Å². The van der Waals surface area contributed by atoms with Crippen molar-refractivity contribution in [3.8, 4) is 5.75 Å². The van der Waals surface area contributed by atoms with E-state index in [9.17, 15) is 22.4 Å². The molecular weight excluding hydrogens is 378 g/mol. The van der Waals surface area contributed by atoms with Gasteiger partial charge < -0.3 is 14.1 Å². The van der Waals surface area contributed by atoms with Crippen molar-refractivity contribution in [2.45, 2.75) is 19.8 Å². The second kappa shape index (κ2) is 6.54. The number of hydrogen-bond donors (Lipinski definition) is 0. The number of benzene rings is 2. The second-order valence-corrected chi connectivity index (χ2v) is 6.55. The minimum Gasteiger partial charge on any atom is -0.497 e. The molecule has 0 atom stereocenters. The van der Waals surface area contributed by atoms with Gasteiger partial charge in [0.25, 0.3) is 5.91 Å². The predicted molar refractivity (Wildman–Crippen MR) is 93.8 cm³/mol. The molecule has 0 fully saturated rings. The Bertz CT molecular complexity index is 1120. The van der Waals surface area contributed by atoms with E-state index >= 15 is 0 Å². The Hall–Kier alpha value is -3.03. The van der Waals surface area contributed by atoms with Crippen LogP contribution in [0.5, 0.6) is 5.75 Å². The zero-order valence-corrected chi connectivity index (χ0v) is 15.0. The van der Waals surface area contributed by atoms with Crippen LogP contribution in [0.15, 0.2) is 22.6 Å². The molecule has 3 aromatic rings. The number of amides is 1. The number of nitrogens with zero attached hydrogens (tertiary/aromatic N) is 1. The molecule has 28 heavy (non-hydrogen) atoms. The van der Waals surface area contributed by atoms with Gasteiger partial charge in [0, 0.05) is 12.2 Å². The van der Waals surface area contributed by atoms with Crippen LogP contribution in [-0.4, -0.2) is 19.6 Å². The molecule has 8 heteroatoms. The van der Waals surface area contributed by atoms with E-state index in [2.05, 4.69) is 0 Å². The van der Waals surface area contributed by atoms with E-state index in [4.69, 9.17) is 9.15 Å². The van der Waals surface area contributed by atoms with Crippen LogP contribution >= 0.6 is 0 Å². The Kier molecular flexibility index (Phi) is 4.28. The van der Waals surface area contributed by atoms with E-state index < -0.39 is 40.1 Å². The Balaban J connectivity index is 1.89. The maximum atomic E-state index is 14.4. The Morgan fingerprint density at radius 3 is 2.54 bits per heavy atom. The van der Waals surface area contributed by atoms with Crippen LogP contribution in [0.4, 0.5) is 23.2 Å². The molecule has 2 heterocycles. The first kappa shape index (κ1) is 18.3. The Morgan fingerprint density at radius 2 is 1.82 bits per heavy atom. The molecule has 2 aromatic carbocycles. The molecule has 1 aliphatic rings. The molecule has 4 rings (SSSR count). The van der Waals surface area contributed by atoms with Crippen LogP contribution in [0, 0.1) is 30.2 Å². The number of furan rings is 1. The minimum absolute atomic E-state index is 0.122. The van der Waals surface area contributed by atoms with Gasteiger partial charge in [-0.3, -0.25) is 4.79 Å². The molecule has 0 unspecified atom stereocenters. The van der Waals surface area contributed by atoms with E-state index in [1.54, 1.807) is 18.2 Å². The lowest BCUT2D eigenvalue weighted by molar-refractivity contribution is 0.0984. The molecule has 1 aliphatic heterocycles. The molecule has 0 radical (unpaired) electrons. The Morgan fingerprint density at radius 1 is 1.11 bits per heavy atom. The fourth-order valence-electron chi connectivity index (χ4n) is 3.61. The first-order valence-electron chi connectivity index (χ1n) is 8.59. The normalized spacial score (nSPS) is 13.7. The van der Waals surface area contributed by atoms with Crippen molar-refractivity contribution in [2.24, 2.45) is 0 Å². The highest BCUT2D eigenvalue weighted by Gasteiger charge is 2.33. The highest BCUT2D eigenvalue weighted by Crippen LogP contribution is 2.37. The monoisotopic (exact) mass is 393 g/mol. The van der Waals surface area contributed by atoms with Gasteiger partial charge in [0.05, 0.1) is 18.1 Å². The van der Waals surface area contributed by atoms with Gasteiger partial charge in [-0.1, -0.05) is 0 Å². The summed E-state index contributed by atoms with van der Waals surface area (Å²) >= 11 is 0. The predicted octanol–water partition coefficient (Wildman–Crippen LogP) is 4.90. The number of fused-ring (bicyclic) bond motifs is 2. The van der Waals surface area contributed by atoms with Crippen molar-refractivity contribution < 1.29 is 31.5 Å². The van der Waals surface area contributed by atoms with Gasteiger partial charge in [-0.2, -0.15) is 4.39 Å². The van der Waals surface area contributed by atoms with Gasteiger partial charge in [-0.05, 0) is 43.5 Å². The first-order chi connectivity index (χ1) is 13.3. The fraction of sp³-hybridized carbons (Fsp3) is 0.250. The maximum absolute atomic E-state index is 14.4. The summed E-state index contributed by atoms with van der Waals surface area (Å²) in [5.74, 6) is -7.45. The van der Waals surface area contributed by atoms with E-state index in [-0.39, 0.29) is 11.3 Å². The number of halogens is 4. The zero-order valence-electron chi connectivity index (χ0n) is 15.0. The van der Waals surface area contributed by atoms with Crippen LogP contribution in [0.1, 0.15) is 28.1 Å². The van der Waals surface area contributed by atoms with Crippen molar-refractivity contribution in [1.29, 1.82) is 0 Å². The van der Waals surface area contributed by atoms with Crippen molar-refractivity contribution in [2.75, 3.05) is 18.6 Å². The summed E-state index contributed by atoms with van der Waals surface area (Å²) in [6.07, 6.45) is 1.35. The number of anilines is 1. The van der Waals surface area contributed by atoms with Gasteiger partial charge in [0.15, 0.2) is 17.2 Å². The lowest BCUT2D eigenvalue weighted by Crippen LogP contribution is -2.35. The largest absolute Gasteiger partial charge is 0.497 e. The summed E-state index contributed by atoms with van der Waals surface area (Å²) in [4.78, 5) is 14.6. The molecule has 0 bridgehead atoms. The molecular formula is C20H15F4NO3. The number of methoxy groups -OCH3 is 1. The van der Waals surface area contributed by atoms with E-state index in [1.807, 2.05) is 0 Å². The average molecular weight is 393 g/mol. The molecule has 0 N–H and O–H groups in total. The summed E-state index contributed by atoms with van der Waals surface area (Å²) in [5, 5.41) is -0.695. The van der Waals surface area contributed by atoms with Crippen LogP contribution in [0.2, 0.25) is 0 Å². The number of ether oxygens (including phenoxy) is 1. The highest BCUT2D eigenvalue weighted by molar-refractivity contribution is 6.15. The summed E-state index contributed by atoms with van der Waals surface area (Å²) in [6, 6.07) is 5.17. The summed E-state index contributed by atoms with van der Waals surface area (Å²) < 4.78 is 66.0. The molecule has 0 aliphatic carbocycles. The third-order valence-electron chi connectivity index (χ3n) is 4.95. The third-order valence-corrected chi connectivity index (χ3v) is 4.95. The lowest BCUT2D eigenvalue weighted by atomic mass is 9.99. The first-order valence-corrected chi connectivity index (χ1v) is 8.59. The number of rotatable bonds is 2. The number of hydrogen-bond acceptors (Lipinski definition) is 3. The van der Waals surface area contributed by atoms with E-state index in [1.165, 1.54) is 18.9 Å². The summed E-state index contributed by atoms with van der Waals surface area (Å²) in [5.41, 5.74) is 0.306. The highest BCUT2D eigenvalue weighted by atomic mass is 19.2. The molecule has 0 saturated carbocycles. The van der Waals surface area contributed by atoms with Gasteiger partial charge in [-0.15, -0.1) is 0 Å².